The van der Waals surface area contributed by atoms with Crippen molar-refractivity contribution in [2.45, 2.75) is 33.1 Å². The third-order valence-corrected chi connectivity index (χ3v) is 3.56. The van der Waals surface area contributed by atoms with Crippen LogP contribution in [-0.4, -0.2) is 30.2 Å². The van der Waals surface area contributed by atoms with Crippen molar-refractivity contribution in [3.8, 4) is 0 Å². The molecule has 5 nitrogen and oxygen atoms in total. The van der Waals surface area contributed by atoms with E-state index in [9.17, 15) is 9.59 Å². The van der Waals surface area contributed by atoms with Crippen LogP contribution in [0.3, 0.4) is 0 Å². The van der Waals surface area contributed by atoms with Gasteiger partial charge in [-0.3, -0.25) is 9.69 Å². The van der Waals surface area contributed by atoms with Gasteiger partial charge in [0.2, 0.25) is 0 Å². The van der Waals surface area contributed by atoms with E-state index in [-0.39, 0.29) is 19.0 Å². The highest BCUT2D eigenvalue weighted by molar-refractivity contribution is 5.92. The molecule has 2 amide bonds. The maximum atomic E-state index is 12.3. The Bertz CT molecular complexity index is 444. The van der Waals surface area contributed by atoms with Crippen molar-refractivity contribution in [3.63, 3.8) is 0 Å². The zero-order chi connectivity index (χ0) is 15.7. The number of para-hydroxylation sites is 1. The topological polar surface area (TPSA) is 69.6 Å². The van der Waals surface area contributed by atoms with Crippen LogP contribution in [0.25, 0.3) is 0 Å². The highest BCUT2D eigenvalue weighted by Crippen LogP contribution is 2.14. The van der Waals surface area contributed by atoms with Gasteiger partial charge in [0.25, 0.3) is 0 Å². The predicted molar refractivity (Wildman–Crippen MR) is 83.5 cm³/mol. The number of aliphatic carboxylic acids is 1. The number of carboxylic acids is 1. The van der Waals surface area contributed by atoms with Crippen LogP contribution in [0.4, 0.5) is 10.5 Å². The fourth-order valence-corrected chi connectivity index (χ4v) is 2.07. The van der Waals surface area contributed by atoms with Crippen LogP contribution in [0, 0.1) is 5.92 Å². The minimum Gasteiger partial charge on any atom is -0.481 e. The molecule has 0 saturated carbocycles. The van der Waals surface area contributed by atoms with Crippen LogP contribution >= 0.6 is 0 Å². The Kier molecular flexibility index (Phi) is 7.29. The lowest BCUT2D eigenvalue weighted by molar-refractivity contribution is -0.136. The van der Waals surface area contributed by atoms with Crippen molar-refractivity contribution in [2.75, 3.05) is 18.0 Å². The molecular weight excluding hydrogens is 268 g/mol. The lowest BCUT2D eigenvalue weighted by Crippen LogP contribution is -2.43. The normalized spacial score (nSPS) is 10.4. The maximum absolute atomic E-state index is 12.3. The van der Waals surface area contributed by atoms with Gasteiger partial charge in [-0.25, -0.2) is 4.79 Å². The van der Waals surface area contributed by atoms with Crippen LogP contribution in [0.15, 0.2) is 30.3 Å². The van der Waals surface area contributed by atoms with Crippen LogP contribution in [0.1, 0.15) is 33.1 Å². The molecule has 1 aromatic rings. The number of nitrogens with zero attached hydrogens (tertiary/aromatic N) is 1. The van der Waals surface area contributed by atoms with Crippen molar-refractivity contribution in [1.82, 2.24) is 5.32 Å². The van der Waals surface area contributed by atoms with E-state index in [1.807, 2.05) is 18.2 Å². The molecule has 0 bridgehead atoms. The molecule has 0 unspecified atom stereocenters. The van der Waals surface area contributed by atoms with Gasteiger partial charge in [-0.05, 0) is 18.1 Å². The highest BCUT2D eigenvalue weighted by atomic mass is 16.4. The van der Waals surface area contributed by atoms with E-state index in [0.717, 1.165) is 12.8 Å². The second-order valence-corrected chi connectivity index (χ2v) is 5.00. The SMILES string of the molecule is CCC(CC)CNC(=O)N(CCC(=O)O)c1ccccc1. The number of benzene rings is 1. The summed E-state index contributed by atoms with van der Waals surface area (Å²) in [5, 5.41) is 11.7. The Hall–Kier alpha value is -2.04. The number of hydrogen-bond donors (Lipinski definition) is 2. The molecule has 0 saturated heterocycles. The number of carboxylic acid groups (broad SMARTS) is 1. The lowest BCUT2D eigenvalue weighted by Gasteiger charge is -2.24. The minimum atomic E-state index is -0.913. The predicted octanol–water partition coefficient (Wildman–Crippen LogP) is 3.11. The Labute approximate surface area is 126 Å². The van der Waals surface area contributed by atoms with Crippen molar-refractivity contribution in [2.24, 2.45) is 5.92 Å². The second kappa shape index (κ2) is 9.00. The fourth-order valence-electron chi connectivity index (χ4n) is 2.07. The average Bonchev–Trinajstić information content (AvgIpc) is 2.49. The lowest BCUT2D eigenvalue weighted by atomic mass is 10.0. The van der Waals surface area contributed by atoms with Gasteiger partial charge in [0.05, 0.1) is 6.42 Å². The highest BCUT2D eigenvalue weighted by Gasteiger charge is 2.17. The number of anilines is 1. The van der Waals surface area contributed by atoms with Crippen molar-refractivity contribution >= 4 is 17.7 Å². The average molecular weight is 292 g/mol. The minimum absolute atomic E-state index is 0.0761. The molecule has 0 heterocycles. The van der Waals surface area contributed by atoms with Crippen LogP contribution in [0.5, 0.6) is 0 Å². The largest absolute Gasteiger partial charge is 0.481 e. The van der Waals surface area contributed by atoms with Crippen molar-refractivity contribution in [1.29, 1.82) is 0 Å². The molecule has 1 aromatic carbocycles. The smallest absolute Gasteiger partial charge is 0.321 e. The summed E-state index contributed by atoms with van der Waals surface area (Å²) in [6.45, 7) is 4.97. The zero-order valence-corrected chi connectivity index (χ0v) is 12.7. The van der Waals surface area contributed by atoms with E-state index in [0.29, 0.717) is 18.2 Å². The van der Waals surface area contributed by atoms with Gasteiger partial charge < -0.3 is 10.4 Å². The number of amides is 2. The van der Waals surface area contributed by atoms with Gasteiger partial charge >= 0.3 is 12.0 Å². The van der Waals surface area contributed by atoms with Crippen LogP contribution in [-0.2, 0) is 4.79 Å². The summed E-state index contributed by atoms with van der Waals surface area (Å²) in [5.74, 6) is -0.463. The Balaban J connectivity index is 2.71. The molecular formula is C16H24N2O3. The summed E-state index contributed by atoms with van der Waals surface area (Å²) >= 11 is 0. The van der Waals surface area contributed by atoms with Gasteiger partial charge in [0.1, 0.15) is 0 Å². The molecule has 1 rings (SSSR count). The third kappa shape index (κ3) is 5.85. The summed E-state index contributed by atoms with van der Waals surface area (Å²) < 4.78 is 0. The quantitative estimate of drug-likeness (QED) is 0.773. The number of urea groups is 1. The van der Waals surface area contributed by atoms with E-state index >= 15 is 0 Å². The number of carbonyl (C=O) groups excluding carboxylic acids is 1. The van der Waals surface area contributed by atoms with E-state index in [1.165, 1.54) is 4.90 Å². The number of carbonyl (C=O) groups is 2. The van der Waals surface area contributed by atoms with Crippen LogP contribution < -0.4 is 10.2 Å². The van der Waals surface area contributed by atoms with Gasteiger partial charge in [-0.1, -0.05) is 44.9 Å². The van der Waals surface area contributed by atoms with Crippen molar-refractivity contribution < 1.29 is 14.7 Å². The summed E-state index contributed by atoms with van der Waals surface area (Å²) in [4.78, 5) is 24.6. The van der Waals surface area contributed by atoms with E-state index in [1.54, 1.807) is 12.1 Å². The van der Waals surface area contributed by atoms with Gasteiger partial charge in [-0.15, -0.1) is 0 Å². The summed E-state index contributed by atoms with van der Waals surface area (Å²) in [5.41, 5.74) is 0.709. The van der Waals surface area contributed by atoms with Crippen LogP contribution in [0.2, 0.25) is 0 Å². The van der Waals surface area contributed by atoms with Gasteiger partial charge in [-0.2, -0.15) is 0 Å². The molecule has 0 radical (unpaired) electrons. The summed E-state index contributed by atoms with van der Waals surface area (Å²) in [6, 6.07) is 8.89. The molecule has 0 atom stereocenters. The molecule has 0 aliphatic rings. The monoisotopic (exact) mass is 292 g/mol. The van der Waals surface area contributed by atoms with Crippen molar-refractivity contribution in [3.05, 3.63) is 30.3 Å². The fraction of sp³-hybridized carbons (Fsp3) is 0.500. The first kappa shape index (κ1) is 17.0. The molecule has 0 aromatic heterocycles. The molecule has 116 valence electrons. The molecule has 0 aliphatic heterocycles. The molecule has 0 aliphatic carbocycles. The molecule has 21 heavy (non-hydrogen) atoms. The molecule has 5 heteroatoms. The molecule has 0 spiro atoms. The third-order valence-electron chi connectivity index (χ3n) is 3.56. The molecule has 0 fully saturated rings. The van der Waals surface area contributed by atoms with E-state index in [4.69, 9.17) is 5.11 Å². The standard InChI is InChI=1S/C16H24N2O3/c1-3-13(4-2)12-17-16(21)18(11-10-15(19)20)14-8-6-5-7-9-14/h5-9,13H,3-4,10-12H2,1-2H3,(H,17,21)(H,19,20). The van der Waals surface area contributed by atoms with Gasteiger partial charge in [0.15, 0.2) is 0 Å². The maximum Gasteiger partial charge on any atom is 0.321 e. The second-order valence-electron chi connectivity index (χ2n) is 5.00. The first-order valence-corrected chi connectivity index (χ1v) is 7.40. The number of nitrogens with one attached hydrogen (secondary N) is 1. The molecule has 2 N–H and O–H groups in total. The van der Waals surface area contributed by atoms with Gasteiger partial charge in [0, 0.05) is 18.8 Å². The zero-order valence-electron chi connectivity index (χ0n) is 12.7. The summed E-state index contributed by atoms with van der Waals surface area (Å²) in [7, 11) is 0. The Morgan fingerprint density at radius 1 is 1.19 bits per heavy atom. The van der Waals surface area contributed by atoms with E-state index < -0.39 is 5.97 Å². The summed E-state index contributed by atoms with van der Waals surface area (Å²) in [6.07, 6.45) is 1.95. The number of hydrogen-bond acceptors (Lipinski definition) is 2. The first-order valence-electron chi connectivity index (χ1n) is 7.40. The number of rotatable bonds is 8. The Morgan fingerprint density at radius 3 is 2.33 bits per heavy atom. The van der Waals surface area contributed by atoms with E-state index in [2.05, 4.69) is 19.2 Å². The Morgan fingerprint density at radius 2 is 1.81 bits per heavy atom. The first-order chi connectivity index (χ1) is 10.1.